The molecular weight excluding hydrogens is 208 g/mol. The van der Waals surface area contributed by atoms with Crippen LogP contribution in [0.25, 0.3) is 0 Å². The number of hydrogen-bond donors (Lipinski definition) is 0. The van der Waals surface area contributed by atoms with E-state index in [4.69, 9.17) is 24.4 Å². The van der Waals surface area contributed by atoms with Crippen LogP contribution in [-0.4, -0.2) is 9.73 Å². The average molecular weight is 230 g/mol. The van der Waals surface area contributed by atoms with Crippen LogP contribution in [0.3, 0.4) is 0 Å². The maximum absolute atomic E-state index is 5.29. The Morgan fingerprint density at radius 3 is 2.07 bits per heavy atom. The van der Waals surface area contributed by atoms with Crippen LogP contribution in [0.15, 0.2) is 0 Å². The molecule has 0 rings (SSSR count). The molecule has 0 heterocycles. The summed E-state index contributed by atoms with van der Waals surface area (Å²) in [6.45, 7) is 4.24. The van der Waals surface area contributed by atoms with Gasteiger partial charge in [0.25, 0.3) is 0 Å². The van der Waals surface area contributed by atoms with E-state index >= 15 is 0 Å². The van der Waals surface area contributed by atoms with Crippen LogP contribution >= 0.6 is 24.4 Å². The Balaban J connectivity index is 3.22. The first-order valence-corrected chi connectivity index (χ1v) is 6.49. The highest BCUT2D eigenvalue weighted by Gasteiger charge is 1.98. The summed E-state index contributed by atoms with van der Waals surface area (Å²) in [5.74, 6) is 0. The minimum Gasteiger partial charge on any atom is -0.0900 e. The minimum absolute atomic E-state index is 1.00. The van der Waals surface area contributed by atoms with E-state index in [1.54, 1.807) is 0 Å². The Labute approximate surface area is 99.5 Å². The molecule has 2 heteroatoms. The number of hydrogen-bond acceptors (Lipinski definition) is 2. The quantitative estimate of drug-likeness (QED) is 0.409. The molecular formula is C12H22S2. The summed E-state index contributed by atoms with van der Waals surface area (Å²) < 4.78 is 0. The van der Waals surface area contributed by atoms with Crippen LogP contribution in [0.5, 0.6) is 0 Å². The first-order chi connectivity index (χ1) is 6.66. The fraction of sp³-hybridized carbons (Fsp3) is 0.833. The fourth-order valence-corrected chi connectivity index (χ4v) is 1.71. The molecule has 0 amide bonds. The summed E-state index contributed by atoms with van der Waals surface area (Å²) in [6, 6.07) is 0. The molecule has 0 atom stereocenters. The summed E-state index contributed by atoms with van der Waals surface area (Å²) in [5.41, 5.74) is 0. The second kappa shape index (κ2) is 9.72. The Morgan fingerprint density at radius 1 is 0.857 bits per heavy atom. The lowest BCUT2D eigenvalue weighted by molar-refractivity contribution is 0.643. The molecule has 0 aromatic rings. The number of unbranched alkanes of at least 4 members (excludes halogenated alkanes) is 4. The Hall–Kier alpha value is 0.180. The van der Waals surface area contributed by atoms with Gasteiger partial charge in [0.1, 0.15) is 0 Å². The summed E-state index contributed by atoms with van der Waals surface area (Å²) in [5, 5.41) is 0. The lowest BCUT2D eigenvalue weighted by Crippen LogP contribution is -1.97. The van der Waals surface area contributed by atoms with Gasteiger partial charge >= 0.3 is 0 Å². The van der Waals surface area contributed by atoms with E-state index in [-0.39, 0.29) is 0 Å². The van der Waals surface area contributed by atoms with E-state index < -0.39 is 0 Å². The molecule has 0 saturated heterocycles. The van der Waals surface area contributed by atoms with Gasteiger partial charge in [0.15, 0.2) is 0 Å². The largest absolute Gasteiger partial charge is 0.0900 e. The predicted molar refractivity (Wildman–Crippen MR) is 73.5 cm³/mol. The highest BCUT2D eigenvalue weighted by molar-refractivity contribution is 7.80. The van der Waals surface area contributed by atoms with Crippen molar-refractivity contribution in [1.29, 1.82) is 0 Å². The summed E-state index contributed by atoms with van der Waals surface area (Å²) in [7, 11) is 0. The van der Waals surface area contributed by atoms with Crippen molar-refractivity contribution in [3.63, 3.8) is 0 Å². The Bertz CT molecular complexity index is 173. The van der Waals surface area contributed by atoms with Crippen molar-refractivity contribution in [2.75, 3.05) is 0 Å². The third-order valence-corrected chi connectivity index (χ3v) is 2.93. The zero-order chi connectivity index (χ0) is 10.8. The predicted octanol–water partition coefficient (Wildman–Crippen LogP) is 4.89. The van der Waals surface area contributed by atoms with Crippen LogP contribution in [0.4, 0.5) is 0 Å². The van der Waals surface area contributed by atoms with E-state index in [9.17, 15) is 0 Å². The molecule has 14 heavy (non-hydrogen) atoms. The smallest absolute Gasteiger partial charge is 0.00680 e. The molecule has 0 unspecified atom stereocenters. The maximum Gasteiger partial charge on any atom is -0.00680 e. The molecule has 0 aromatic carbocycles. The standard InChI is InChI=1S/C12H22S2/c1-3-4-5-6-7-8-12(14)10-9-11(2)13/h3-10H2,1-2H3. The van der Waals surface area contributed by atoms with E-state index in [0.717, 1.165) is 24.1 Å². The molecule has 0 spiro atoms. The highest BCUT2D eigenvalue weighted by Crippen LogP contribution is 2.08. The third kappa shape index (κ3) is 10.3. The van der Waals surface area contributed by atoms with Crippen molar-refractivity contribution in [2.24, 2.45) is 0 Å². The minimum atomic E-state index is 1.00. The van der Waals surface area contributed by atoms with Gasteiger partial charge in [-0.1, -0.05) is 57.0 Å². The van der Waals surface area contributed by atoms with Crippen molar-refractivity contribution < 1.29 is 0 Å². The molecule has 0 saturated carbocycles. The van der Waals surface area contributed by atoms with Crippen molar-refractivity contribution in [3.05, 3.63) is 0 Å². The lowest BCUT2D eigenvalue weighted by atomic mass is 10.1. The van der Waals surface area contributed by atoms with E-state index in [1.807, 2.05) is 6.92 Å². The SMILES string of the molecule is CCCCCCCC(=S)CCC(C)=S. The molecule has 0 nitrogen and oxygen atoms in total. The maximum atomic E-state index is 5.29. The van der Waals surface area contributed by atoms with Crippen molar-refractivity contribution in [2.45, 2.75) is 65.2 Å². The van der Waals surface area contributed by atoms with Gasteiger partial charge in [0, 0.05) is 0 Å². The van der Waals surface area contributed by atoms with E-state index in [0.29, 0.717) is 0 Å². The molecule has 0 fully saturated rings. The van der Waals surface area contributed by atoms with Crippen molar-refractivity contribution in [1.82, 2.24) is 0 Å². The van der Waals surface area contributed by atoms with Gasteiger partial charge in [-0.3, -0.25) is 0 Å². The zero-order valence-corrected chi connectivity index (χ0v) is 11.1. The van der Waals surface area contributed by atoms with Gasteiger partial charge in [-0.2, -0.15) is 0 Å². The molecule has 0 aromatic heterocycles. The molecule has 0 radical (unpaired) electrons. The number of rotatable bonds is 9. The van der Waals surface area contributed by atoms with E-state index in [2.05, 4.69) is 6.92 Å². The second-order valence-electron chi connectivity index (χ2n) is 3.90. The second-order valence-corrected chi connectivity index (χ2v) is 5.18. The van der Waals surface area contributed by atoms with Gasteiger partial charge in [-0.15, -0.1) is 0 Å². The van der Waals surface area contributed by atoms with Gasteiger partial charge in [-0.25, -0.2) is 0 Å². The molecule has 0 N–H and O–H groups in total. The average Bonchev–Trinajstić information content (AvgIpc) is 2.14. The van der Waals surface area contributed by atoms with Gasteiger partial charge in [0.05, 0.1) is 0 Å². The zero-order valence-electron chi connectivity index (χ0n) is 9.47. The van der Waals surface area contributed by atoms with Gasteiger partial charge in [0.2, 0.25) is 0 Å². The Morgan fingerprint density at radius 2 is 1.50 bits per heavy atom. The first kappa shape index (κ1) is 14.2. The summed E-state index contributed by atoms with van der Waals surface area (Å²) >= 11 is 10.3. The first-order valence-electron chi connectivity index (χ1n) is 5.68. The summed E-state index contributed by atoms with van der Waals surface area (Å²) in [4.78, 5) is 2.30. The highest BCUT2D eigenvalue weighted by atomic mass is 32.1. The van der Waals surface area contributed by atoms with Crippen LogP contribution < -0.4 is 0 Å². The van der Waals surface area contributed by atoms with Crippen molar-refractivity contribution in [3.8, 4) is 0 Å². The third-order valence-electron chi connectivity index (χ3n) is 2.32. The molecule has 0 aliphatic carbocycles. The van der Waals surface area contributed by atoms with E-state index in [1.165, 1.54) is 37.0 Å². The molecule has 0 aliphatic heterocycles. The normalized spacial score (nSPS) is 10.1. The fourth-order valence-electron chi connectivity index (χ4n) is 1.37. The van der Waals surface area contributed by atoms with Gasteiger partial charge < -0.3 is 0 Å². The van der Waals surface area contributed by atoms with Gasteiger partial charge in [-0.05, 0) is 42.3 Å². The topological polar surface area (TPSA) is 0 Å². The van der Waals surface area contributed by atoms with Crippen LogP contribution in [0.2, 0.25) is 0 Å². The molecule has 82 valence electrons. The van der Waals surface area contributed by atoms with Crippen LogP contribution in [0.1, 0.15) is 65.2 Å². The van der Waals surface area contributed by atoms with Crippen molar-refractivity contribution >= 4 is 34.2 Å². The number of thiocarbonyl (C=S) groups is 2. The van der Waals surface area contributed by atoms with Crippen LogP contribution in [0, 0.1) is 0 Å². The Kier molecular flexibility index (Phi) is 9.85. The van der Waals surface area contributed by atoms with Crippen LogP contribution in [-0.2, 0) is 0 Å². The molecule has 0 aliphatic rings. The summed E-state index contributed by atoms with van der Waals surface area (Å²) in [6.07, 6.45) is 9.81. The lowest BCUT2D eigenvalue weighted by Gasteiger charge is -2.02. The monoisotopic (exact) mass is 230 g/mol. The molecule has 0 bridgehead atoms.